The number of benzene rings is 1. The number of nitrogens with two attached hydrogens (primary N) is 1. The highest BCUT2D eigenvalue weighted by Gasteiger charge is 2.09. The van der Waals surface area contributed by atoms with Gasteiger partial charge in [0.15, 0.2) is 5.78 Å². The van der Waals surface area contributed by atoms with Gasteiger partial charge in [-0.25, -0.2) is 0 Å². The minimum Gasteiger partial charge on any atom is -0.396 e. The number of Topliss-reactive ketones (excluding diaryl/α,β-unsaturated/α-hetero) is 1. The summed E-state index contributed by atoms with van der Waals surface area (Å²) >= 11 is 11.6. The summed E-state index contributed by atoms with van der Waals surface area (Å²) in [5, 5.41) is 4.71. The van der Waals surface area contributed by atoms with Crippen molar-refractivity contribution in [1.29, 1.82) is 0 Å². The quantitative estimate of drug-likeness (QED) is 0.872. The first kappa shape index (κ1) is 12.0. The van der Waals surface area contributed by atoms with E-state index in [9.17, 15) is 4.79 Å². The molecule has 0 aliphatic carbocycles. The fourth-order valence-corrected chi connectivity index (χ4v) is 1.67. The van der Waals surface area contributed by atoms with Gasteiger partial charge in [-0.2, -0.15) is 5.10 Å². The lowest BCUT2D eigenvalue weighted by Crippen LogP contribution is -2.10. The lowest BCUT2D eigenvalue weighted by atomic mass is 10.1. The number of nitrogens with zero attached hydrogens (tertiary/aromatic N) is 2. The van der Waals surface area contributed by atoms with E-state index >= 15 is 0 Å². The van der Waals surface area contributed by atoms with E-state index in [0.29, 0.717) is 21.3 Å². The molecule has 0 radical (unpaired) electrons. The minimum atomic E-state index is -0.105. The highest BCUT2D eigenvalue weighted by molar-refractivity contribution is 6.42. The van der Waals surface area contributed by atoms with Gasteiger partial charge in [0, 0.05) is 11.8 Å². The summed E-state index contributed by atoms with van der Waals surface area (Å²) in [6, 6.07) is 4.76. The first-order chi connectivity index (χ1) is 8.06. The zero-order valence-corrected chi connectivity index (χ0v) is 10.2. The average Bonchev–Trinajstić information content (AvgIpc) is 2.68. The van der Waals surface area contributed by atoms with E-state index < -0.39 is 0 Å². The Morgan fingerprint density at radius 3 is 2.71 bits per heavy atom. The smallest absolute Gasteiger partial charge is 0.184 e. The Morgan fingerprint density at radius 1 is 1.35 bits per heavy atom. The maximum atomic E-state index is 11.9. The van der Waals surface area contributed by atoms with Crippen molar-refractivity contribution in [2.75, 3.05) is 5.73 Å². The Bertz CT molecular complexity index is 566. The normalized spacial score (nSPS) is 10.5. The average molecular weight is 270 g/mol. The van der Waals surface area contributed by atoms with Gasteiger partial charge in [0.2, 0.25) is 0 Å². The predicted molar refractivity (Wildman–Crippen MR) is 67.4 cm³/mol. The van der Waals surface area contributed by atoms with Gasteiger partial charge in [-0.1, -0.05) is 23.2 Å². The number of hydrogen-bond acceptors (Lipinski definition) is 3. The van der Waals surface area contributed by atoms with Crippen LogP contribution < -0.4 is 5.73 Å². The maximum absolute atomic E-state index is 11.9. The van der Waals surface area contributed by atoms with Gasteiger partial charge < -0.3 is 5.73 Å². The van der Waals surface area contributed by atoms with Crippen LogP contribution in [0.25, 0.3) is 0 Å². The van der Waals surface area contributed by atoms with E-state index in [4.69, 9.17) is 28.9 Å². The van der Waals surface area contributed by atoms with E-state index in [-0.39, 0.29) is 12.3 Å². The highest BCUT2D eigenvalue weighted by Crippen LogP contribution is 2.22. The number of halogens is 2. The molecule has 0 spiro atoms. The van der Waals surface area contributed by atoms with Crippen molar-refractivity contribution in [1.82, 2.24) is 9.78 Å². The molecule has 0 saturated carbocycles. The molecule has 2 rings (SSSR count). The summed E-state index contributed by atoms with van der Waals surface area (Å²) in [6.45, 7) is 0.120. The van der Waals surface area contributed by atoms with Crippen LogP contribution in [-0.2, 0) is 6.54 Å². The van der Waals surface area contributed by atoms with Crippen molar-refractivity contribution >= 4 is 34.7 Å². The van der Waals surface area contributed by atoms with E-state index in [2.05, 4.69) is 5.10 Å². The molecule has 0 bridgehead atoms. The molecular weight excluding hydrogens is 261 g/mol. The second-order valence-corrected chi connectivity index (χ2v) is 4.34. The number of carbonyl (C=O) groups is 1. The fourth-order valence-electron chi connectivity index (χ4n) is 1.37. The molecular formula is C11H9Cl2N3O. The molecule has 2 aromatic rings. The Kier molecular flexibility index (Phi) is 3.36. The zero-order valence-electron chi connectivity index (χ0n) is 8.73. The van der Waals surface area contributed by atoms with Crippen molar-refractivity contribution < 1.29 is 4.79 Å². The van der Waals surface area contributed by atoms with Crippen LogP contribution in [0.4, 0.5) is 5.69 Å². The summed E-state index contributed by atoms with van der Waals surface area (Å²) in [7, 11) is 0. The van der Waals surface area contributed by atoms with Gasteiger partial charge in [0.1, 0.15) is 6.54 Å². The Hall–Kier alpha value is -1.52. The summed E-state index contributed by atoms with van der Waals surface area (Å²) in [5.74, 6) is -0.105. The van der Waals surface area contributed by atoms with Crippen LogP contribution in [0, 0.1) is 0 Å². The van der Waals surface area contributed by atoms with Crippen molar-refractivity contribution in [3.8, 4) is 0 Å². The van der Waals surface area contributed by atoms with Gasteiger partial charge in [-0.15, -0.1) is 0 Å². The Balaban J connectivity index is 2.17. The molecule has 0 amide bonds. The SMILES string of the molecule is Nc1cnn(CC(=O)c2ccc(Cl)c(Cl)c2)c1. The molecule has 1 aromatic heterocycles. The van der Waals surface area contributed by atoms with Gasteiger partial charge in [-0.3, -0.25) is 9.48 Å². The van der Waals surface area contributed by atoms with E-state index in [0.717, 1.165) is 0 Å². The first-order valence-corrected chi connectivity index (χ1v) is 5.58. The van der Waals surface area contributed by atoms with Crippen LogP contribution in [0.2, 0.25) is 10.0 Å². The third-order valence-electron chi connectivity index (χ3n) is 2.20. The number of anilines is 1. The summed E-state index contributed by atoms with van der Waals surface area (Å²) < 4.78 is 1.47. The van der Waals surface area contributed by atoms with Gasteiger partial charge in [0.05, 0.1) is 21.9 Å². The van der Waals surface area contributed by atoms with Crippen LogP contribution in [0.15, 0.2) is 30.6 Å². The van der Waals surface area contributed by atoms with Crippen molar-refractivity contribution in [2.24, 2.45) is 0 Å². The number of hydrogen-bond donors (Lipinski definition) is 1. The fraction of sp³-hybridized carbons (Fsp3) is 0.0909. The molecule has 2 N–H and O–H groups in total. The third kappa shape index (κ3) is 2.78. The highest BCUT2D eigenvalue weighted by atomic mass is 35.5. The molecule has 0 aliphatic rings. The molecule has 0 aliphatic heterocycles. The number of carbonyl (C=O) groups excluding carboxylic acids is 1. The molecule has 0 unspecified atom stereocenters. The largest absolute Gasteiger partial charge is 0.396 e. The Morgan fingerprint density at radius 2 is 2.12 bits per heavy atom. The van der Waals surface area contributed by atoms with Gasteiger partial charge in [-0.05, 0) is 18.2 Å². The zero-order chi connectivity index (χ0) is 12.4. The molecule has 0 saturated heterocycles. The summed E-state index contributed by atoms with van der Waals surface area (Å²) in [4.78, 5) is 11.9. The van der Waals surface area contributed by atoms with Crippen LogP contribution in [0.5, 0.6) is 0 Å². The monoisotopic (exact) mass is 269 g/mol. The molecule has 4 nitrogen and oxygen atoms in total. The molecule has 17 heavy (non-hydrogen) atoms. The summed E-state index contributed by atoms with van der Waals surface area (Å²) in [5.41, 5.74) is 6.52. The molecule has 1 heterocycles. The van der Waals surface area contributed by atoms with Gasteiger partial charge in [0.25, 0.3) is 0 Å². The molecule has 1 aromatic carbocycles. The van der Waals surface area contributed by atoms with Crippen LogP contribution in [0.3, 0.4) is 0 Å². The molecule has 88 valence electrons. The van der Waals surface area contributed by atoms with Crippen molar-refractivity contribution in [2.45, 2.75) is 6.54 Å². The van der Waals surface area contributed by atoms with Crippen LogP contribution in [-0.4, -0.2) is 15.6 Å². The molecule has 0 fully saturated rings. The van der Waals surface area contributed by atoms with E-state index in [1.807, 2.05) is 0 Å². The molecule has 0 atom stereocenters. The van der Waals surface area contributed by atoms with Gasteiger partial charge >= 0.3 is 0 Å². The lowest BCUT2D eigenvalue weighted by Gasteiger charge is -2.03. The second kappa shape index (κ2) is 4.77. The maximum Gasteiger partial charge on any atom is 0.184 e. The van der Waals surface area contributed by atoms with Crippen LogP contribution in [0.1, 0.15) is 10.4 Å². The van der Waals surface area contributed by atoms with Crippen molar-refractivity contribution in [3.63, 3.8) is 0 Å². The van der Waals surface area contributed by atoms with Crippen LogP contribution >= 0.6 is 23.2 Å². The van der Waals surface area contributed by atoms with Crippen molar-refractivity contribution in [3.05, 3.63) is 46.2 Å². The van der Waals surface area contributed by atoms with E-state index in [1.165, 1.54) is 10.9 Å². The second-order valence-electron chi connectivity index (χ2n) is 3.52. The predicted octanol–water partition coefficient (Wildman–Crippen LogP) is 2.66. The number of rotatable bonds is 3. The van der Waals surface area contributed by atoms with E-state index in [1.54, 1.807) is 24.4 Å². The first-order valence-electron chi connectivity index (χ1n) is 4.82. The Labute approximate surface area is 108 Å². The third-order valence-corrected chi connectivity index (χ3v) is 2.94. The number of nitrogen functional groups attached to an aromatic ring is 1. The molecule has 6 heteroatoms. The number of ketones is 1. The lowest BCUT2D eigenvalue weighted by molar-refractivity contribution is 0.0968. The summed E-state index contributed by atoms with van der Waals surface area (Å²) in [6.07, 6.45) is 3.08. The standard InChI is InChI=1S/C11H9Cl2N3O/c12-9-2-1-7(3-10(9)13)11(17)6-16-5-8(14)4-15-16/h1-5H,6,14H2. The number of aromatic nitrogens is 2. The topological polar surface area (TPSA) is 60.9 Å². The minimum absolute atomic E-state index is 0.105.